The molecule has 0 radical (unpaired) electrons. The van der Waals surface area contributed by atoms with Crippen LogP contribution in [-0.4, -0.2) is 37.0 Å². The number of nitrogen functional groups attached to an aromatic ring is 1. The first kappa shape index (κ1) is 19.9. The number of thioether (sulfide) groups is 1. The number of nitrogens with zero attached hydrogens (tertiary/aromatic N) is 3. The van der Waals surface area contributed by atoms with Gasteiger partial charge < -0.3 is 15.2 Å². The number of rotatable bonds is 7. The molecular formula is C19H16F2N4O2S. The third kappa shape index (κ3) is 4.33. The van der Waals surface area contributed by atoms with Gasteiger partial charge in [0.2, 0.25) is 0 Å². The number of anilines is 1. The van der Waals surface area contributed by atoms with E-state index in [9.17, 15) is 19.3 Å². The van der Waals surface area contributed by atoms with Crippen molar-refractivity contribution in [2.45, 2.75) is 11.5 Å². The lowest BCUT2D eigenvalue weighted by atomic mass is 9.97. The smallest absolute Gasteiger partial charge is 0.272 e. The number of ether oxygens (including phenoxy) is 2. The van der Waals surface area contributed by atoms with Gasteiger partial charge in [-0.15, -0.1) is 11.8 Å². The van der Waals surface area contributed by atoms with E-state index in [2.05, 4.69) is 11.1 Å². The van der Waals surface area contributed by atoms with Gasteiger partial charge in [-0.3, -0.25) is 0 Å². The maximum absolute atomic E-state index is 12.3. The third-order valence-corrected chi connectivity index (χ3v) is 5.30. The van der Waals surface area contributed by atoms with Crippen LogP contribution in [0.1, 0.15) is 11.1 Å². The Morgan fingerprint density at radius 1 is 1.21 bits per heavy atom. The zero-order valence-corrected chi connectivity index (χ0v) is 15.5. The number of alkyl halides is 2. The van der Waals surface area contributed by atoms with Crippen molar-refractivity contribution in [2.75, 3.05) is 31.3 Å². The predicted molar refractivity (Wildman–Crippen MR) is 100 cm³/mol. The molecule has 28 heavy (non-hydrogen) atoms. The summed E-state index contributed by atoms with van der Waals surface area (Å²) in [6.07, 6.45) is -2.57. The molecule has 2 N–H and O–H groups in total. The first-order valence-corrected chi connectivity index (χ1v) is 9.37. The van der Waals surface area contributed by atoms with Gasteiger partial charge in [0.05, 0.1) is 18.8 Å². The van der Waals surface area contributed by atoms with Crippen molar-refractivity contribution in [1.82, 2.24) is 4.98 Å². The van der Waals surface area contributed by atoms with E-state index >= 15 is 0 Å². The highest BCUT2D eigenvalue weighted by atomic mass is 32.2. The molecule has 6 nitrogen and oxygen atoms in total. The lowest BCUT2D eigenvalue weighted by molar-refractivity contribution is -0.0196. The predicted octanol–water partition coefficient (Wildman–Crippen LogP) is 3.46. The monoisotopic (exact) mass is 402 g/mol. The van der Waals surface area contributed by atoms with Crippen molar-refractivity contribution in [2.24, 2.45) is 5.92 Å². The van der Waals surface area contributed by atoms with Crippen molar-refractivity contribution in [3.8, 4) is 29.0 Å². The molecule has 3 rings (SSSR count). The van der Waals surface area contributed by atoms with Crippen LogP contribution in [0, 0.1) is 28.6 Å². The summed E-state index contributed by atoms with van der Waals surface area (Å²) in [4.78, 5) is 4.24. The summed E-state index contributed by atoms with van der Waals surface area (Å²) in [7, 11) is 0. The van der Waals surface area contributed by atoms with Crippen molar-refractivity contribution in [3.63, 3.8) is 0 Å². The highest BCUT2D eigenvalue weighted by molar-refractivity contribution is 7.99. The second-order valence-corrected chi connectivity index (χ2v) is 7.10. The molecule has 0 saturated carbocycles. The molecule has 0 amide bonds. The Morgan fingerprint density at radius 3 is 2.43 bits per heavy atom. The lowest BCUT2D eigenvalue weighted by Crippen LogP contribution is -2.29. The van der Waals surface area contributed by atoms with E-state index in [1.165, 1.54) is 23.9 Å². The standard InChI is InChI=1S/C19H16F2N4O2S/c20-16(21)9-27-13-3-1-12(2-4-13)17-14(5-22)18(24)25-19(15(17)6-23)28-10-11-7-26-8-11/h1-4,11,16H,7-10H2,(H2,24,25). The molecule has 0 spiro atoms. The van der Waals surface area contributed by atoms with Crippen molar-refractivity contribution in [1.29, 1.82) is 10.5 Å². The van der Waals surface area contributed by atoms with E-state index in [4.69, 9.17) is 15.2 Å². The molecule has 2 aromatic rings. The van der Waals surface area contributed by atoms with E-state index in [1.807, 2.05) is 6.07 Å². The molecule has 1 aromatic carbocycles. The Labute approximate surface area is 164 Å². The fourth-order valence-corrected chi connectivity index (χ4v) is 3.69. The highest BCUT2D eigenvalue weighted by Crippen LogP contribution is 2.37. The Kier molecular flexibility index (Phi) is 6.30. The SMILES string of the molecule is N#Cc1c(N)nc(SCC2COC2)c(C#N)c1-c1ccc(OCC(F)F)cc1. The summed E-state index contributed by atoms with van der Waals surface area (Å²) < 4.78 is 34.7. The topological polar surface area (TPSA) is 105 Å². The number of halogens is 2. The van der Waals surface area contributed by atoms with Crippen LogP contribution < -0.4 is 10.5 Å². The fourth-order valence-electron chi connectivity index (χ4n) is 2.65. The van der Waals surface area contributed by atoms with Crippen LogP contribution in [0.4, 0.5) is 14.6 Å². The molecule has 2 heterocycles. The highest BCUT2D eigenvalue weighted by Gasteiger charge is 2.23. The van der Waals surface area contributed by atoms with Gasteiger partial charge >= 0.3 is 0 Å². The average Bonchev–Trinajstić information content (AvgIpc) is 2.65. The maximum Gasteiger partial charge on any atom is 0.272 e. The first-order chi connectivity index (χ1) is 13.5. The van der Waals surface area contributed by atoms with Crippen LogP contribution in [-0.2, 0) is 4.74 Å². The summed E-state index contributed by atoms with van der Waals surface area (Å²) in [5.74, 6) is 1.43. The Balaban J connectivity index is 1.96. The first-order valence-electron chi connectivity index (χ1n) is 8.39. The summed E-state index contributed by atoms with van der Waals surface area (Å²) in [5, 5.41) is 19.7. The minimum Gasteiger partial charge on any atom is -0.488 e. The molecule has 9 heteroatoms. The van der Waals surface area contributed by atoms with E-state index < -0.39 is 13.0 Å². The number of nitriles is 2. The van der Waals surface area contributed by atoms with Crippen LogP contribution in [0.2, 0.25) is 0 Å². The maximum atomic E-state index is 12.3. The molecule has 144 valence electrons. The minimum absolute atomic E-state index is 0.0434. The second kappa shape index (κ2) is 8.87. The van der Waals surface area contributed by atoms with Gasteiger partial charge in [-0.2, -0.15) is 10.5 Å². The molecule has 0 aliphatic carbocycles. The number of hydrogen-bond acceptors (Lipinski definition) is 7. The number of pyridine rings is 1. The van der Waals surface area contributed by atoms with Crippen LogP contribution in [0.25, 0.3) is 11.1 Å². The van der Waals surface area contributed by atoms with E-state index in [0.29, 0.717) is 35.3 Å². The summed E-state index contributed by atoms with van der Waals surface area (Å²) in [6.45, 7) is 0.640. The van der Waals surface area contributed by atoms with Crippen LogP contribution in [0.5, 0.6) is 5.75 Å². The number of aromatic nitrogens is 1. The van der Waals surface area contributed by atoms with Crippen molar-refractivity contribution < 1.29 is 18.3 Å². The second-order valence-electron chi connectivity index (χ2n) is 6.09. The molecule has 0 unspecified atom stereocenters. The van der Waals surface area contributed by atoms with Crippen LogP contribution in [0.15, 0.2) is 29.3 Å². The summed E-state index contributed by atoms with van der Waals surface area (Å²) >= 11 is 1.40. The molecule has 1 aliphatic heterocycles. The zero-order valence-electron chi connectivity index (χ0n) is 14.7. The van der Waals surface area contributed by atoms with E-state index in [0.717, 1.165) is 5.75 Å². The van der Waals surface area contributed by atoms with Gasteiger partial charge in [0, 0.05) is 17.2 Å². The molecule has 0 bridgehead atoms. The minimum atomic E-state index is -2.57. The third-order valence-electron chi connectivity index (χ3n) is 4.10. The van der Waals surface area contributed by atoms with Crippen LogP contribution in [0.3, 0.4) is 0 Å². The molecular weight excluding hydrogens is 386 g/mol. The zero-order chi connectivity index (χ0) is 20.1. The average molecular weight is 402 g/mol. The largest absolute Gasteiger partial charge is 0.488 e. The normalized spacial score (nSPS) is 13.6. The Bertz CT molecular complexity index is 935. The molecule has 1 aliphatic rings. The molecule has 1 aromatic heterocycles. The van der Waals surface area contributed by atoms with Crippen LogP contribution >= 0.6 is 11.8 Å². The van der Waals surface area contributed by atoms with Gasteiger partial charge in [0.25, 0.3) is 6.43 Å². The van der Waals surface area contributed by atoms with Crippen molar-refractivity contribution in [3.05, 3.63) is 35.4 Å². The number of hydrogen-bond donors (Lipinski definition) is 1. The van der Waals surface area contributed by atoms with E-state index in [-0.39, 0.29) is 22.7 Å². The number of nitrogens with two attached hydrogens (primary N) is 1. The molecule has 1 saturated heterocycles. The van der Waals surface area contributed by atoms with Gasteiger partial charge in [-0.05, 0) is 17.7 Å². The quantitative estimate of drug-likeness (QED) is 0.707. The number of benzene rings is 1. The summed E-state index contributed by atoms with van der Waals surface area (Å²) in [6, 6.07) is 10.4. The van der Waals surface area contributed by atoms with Gasteiger partial charge in [-0.25, -0.2) is 13.8 Å². The fraction of sp³-hybridized carbons (Fsp3) is 0.316. The lowest BCUT2D eigenvalue weighted by Gasteiger charge is -2.25. The Morgan fingerprint density at radius 2 is 1.89 bits per heavy atom. The molecule has 0 atom stereocenters. The van der Waals surface area contributed by atoms with Gasteiger partial charge in [0.15, 0.2) is 0 Å². The summed E-state index contributed by atoms with van der Waals surface area (Å²) in [5.41, 5.74) is 7.27. The molecule has 1 fully saturated rings. The van der Waals surface area contributed by atoms with Crippen molar-refractivity contribution >= 4 is 17.6 Å². The Hall–Kier alpha value is -2.88. The van der Waals surface area contributed by atoms with E-state index in [1.54, 1.807) is 12.1 Å². The van der Waals surface area contributed by atoms with Gasteiger partial charge in [-0.1, -0.05) is 12.1 Å². The van der Waals surface area contributed by atoms with Gasteiger partial charge in [0.1, 0.15) is 40.9 Å².